The Morgan fingerprint density at radius 3 is 2.69 bits per heavy atom. The van der Waals surface area contributed by atoms with Crippen molar-refractivity contribution in [1.82, 2.24) is 4.90 Å². The van der Waals surface area contributed by atoms with Crippen molar-refractivity contribution in [3.8, 4) is 0 Å². The quantitative estimate of drug-likeness (QED) is 0.716. The summed E-state index contributed by atoms with van der Waals surface area (Å²) < 4.78 is 13.2. The Morgan fingerprint density at radius 1 is 1.38 bits per heavy atom. The van der Waals surface area contributed by atoms with Gasteiger partial charge in [-0.3, -0.25) is 4.90 Å². The molecule has 1 aromatic carbocycles. The molecule has 0 radical (unpaired) electrons. The molecule has 1 aromatic rings. The van der Waals surface area contributed by atoms with Crippen LogP contribution in [0.2, 0.25) is 5.02 Å². The van der Waals surface area contributed by atoms with Crippen molar-refractivity contribution >= 4 is 27.5 Å². The third-order valence-electron chi connectivity index (χ3n) is 2.33. The van der Waals surface area contributed by atoms with Gasteiger partial charge < -0.3 is 0 Å². The molecular weight excluding hydrogens is 292 g/mol. The molecule has 0 aromatic heterocycles. The molecule has 90 valence electrons. The number of alkyl halides is 1. The lowest BCUT2D eigenvalue weighted by atomic mass is 10.2. The molecule has 16 heavy (non-hydrogen) atoms. The van der Waals surface area contributed by atoms with Gasteiger partial charge in [0.2, 0.25) is 0 Å². The van der Waals surface area contributed by atoms with Gasteiger partial charge in [-0.15, -0.1) is 0 Å². The first-order chi connectivity index (χ1) is 7.67. The van der Waals surface area contributed by atoms with Crippen molar-refractivity contribution in [2.75, 3.05) is 18.4 Å². The molecule has 0 aliphatic carbocycles. The first-order valence-corrected chi connectivity index (χ1v) is 6.89. The van der Waals surface area contributed by atoms with E-state index >= 15 is 0 Å². The third-order valence-corrected chi connectivity index (χ3v) is 2.99. The van der Waals surface area contributed by atoms with Crippen LogP contribution in [0.5, 0.6) is 0 Å². The van der Waals surface area contributed by atoms with Gasteiger partial charge in [0.05, 0.1) is 5.02 Å². The van der Waals surface area contributed by atoms with E-state index in [1.165, 1.54) is 6.07 Å². The van der Waals surface area contributed by atoms with E-state index in [4.69, 9.17) is 11.6 Å². The second kappa shape index (κ2) is 7.25. The topological polar surface area (TPSA) is 3.24 Å². The maximum absolute atomic E-state index is 13.2. The van der Waals surface area contributed by atoms with Crippen LogP contribution in [0, 0.1) is 5.82 Å². The summed E-state index contributed by atoms with van der Waals surface area (Å²) in [5, 5.41) is 1.12. The molecule has 0 fully saturated rings. The smallest absolute Gasteiger partial charge is 0.142 e. The summed E-state index contributed by atoms with van der Waals surface area (Å²) in [6, 6.07) is 5.01. The predicted molar refractivity (Wildman–Crippen MR) is 70.8 cm³/mol. The number of benzene rings is 1. The number of nitrogens with zero attached hydrogens (tertiary/aromatic N) is 1. The zero-order chi connectivity index (χ0) is 12.0. The van der Waals surface area contributed by atoms with Crippen molar-refractivity contribution in [3.63, 3.8) is 0 Å². The van der Waals surface area contributed by atoms with Crippen LogP contribution in [-0.2, 0) is 6.54 Å². The van der Waals surface area contributed by atoms with Crippen LogP contribution in [0.25, 0.3) is 0 Å². The van der Waals surface area contributed by atoms with Gasteiger partial charge in [-0.2, -0.15) is 0 Å². The molecule has 0 aliphatic rings. The van der Waals surface area contributed by atoms with E-state index in [2.05, 4.69) is 27.8 Å². The Labute approximate surface area is 110 Å². The average Bonchev–Trinajstić information content (AvgIpc) is 2.24. The molecule has 0 heterocycles. The Bertz CT molecular complexity index is 327. The summed E-state index contributed by atoms with van der Waals surface area (Å²) in [6.45, 7) is 4.91. The zero-order valence-electron chi connectivity index (χ0n) is 9.35. The molecule has 4 heteroatoms. The van der Waals surface area contributed by atoms with Crippen LogP contribution in [0.4, 0.5) is 4.39 Å². The van der Waals surface area contributed by atoms with Gasteiger partial charge in [0.25, 0.3) is 0 Å². The van der Waals surface area contributed by atoms with Crippen LogP contribution in [0.1, 0.15) is 18.9 Å². The Hall–Kier alpha value is -0.120. The van der Waals surface area contributed by atoms with Gasteiger partial charge in [-0.25, -0.2) is 4.39 Å². The fraction of sp³-hybridized carbons (Fsp3) is 0.500. The molecule has 0 amide bonds. The average molecular weight is 309 g/mol. The lowest BCUT2D eigenvalue weighted by Gasteiger charge is -2.20. The van der Waals surface area contributed by atoms with E-state index in [0.717, 1.165) is 36.9 Å². The molecule has 0 saturated carbocycles. The normalized spacial score (nSPS) is 11.1. The van der Waals surface area contributed by atoms with E-state index in [1.54, 1.807) is 6.07 Å². The molecule has 1 nitrogen and oxygen atoms in total. The lowest BCUT2D eigenvalue weighted by molar-refractivity contribution is 0.283. The highest BCUT2D eigenvalue weighted by molar-refractivity contribution is 9.09. The van der Waals surface area contributed by atoms with Crippen molar-refractivity contribution in [3.05, 3.63) is 34.6 Å². The van der Waals surface area contributed by atoms with Gasteiger partial charge in [0, 0.05) is 18.4 Å². The fourth-order valence-electron chi connectivity index (χ4n) is 1.60. The van der Waals surface area contributed by atoms with E-state index in [9.17, 15) is 4.39 Å². The van der Waals surface area contributed by atoms with Crippen molar-refractivity contribution in [2.24, 2.45) is 0 Å². The van der Waals surface area contributed by atoms with E-state index in [1.807, 2.05) is 6.07 Å². The van der Waals surface area contributed by atoms with Crippen LogP contribution in [0.15, 0.2) is 18.2 Å². The monoisotopic (exact) mass is 307 g/mol. The minimum Gasteiger partial charge on any atom is -0.298 e. The molecule has 0 aliphatic heterocycles. The molecule has 0 spiro atoms. The van der Waals surface area contributed by atoms with Crippen molar-refractivity contribution < 1.29 is 4.39 Å². The second-order valence-electron chi connectivity index (χ2n) is 3.71. The maximum atomic E-state index is 13.2. The van der Waals surface area contributed by atoms with Gasteiger partial charge in [-0.1, -0.05) is 40.5 Å². The van der Waals surface area contributed by atoms with Crippen LogP contribution >= 0.6 is 27.5 Å². The molecule has 1 rings (SSSR count). The van der Waals surface area contributed by atoms with E-state index < -0.39 is 0 Å². The van der Waals surface area contributed by atoms with E-state index in [0.29, 0.717) is 0 Å². The highest BCUT2D eigenvalue weighted by Crippen LogP contribution is 2.16. The van der Waals surface area contributed by atoms with Crippen LogP contribution in [0.3, 0.4) is 0 Å². The van der Waals surface area contributed by atoms with Crippen molar-refractivity contribution in [1.29, 1.82) is 0 Å². The largest absolute Gasteiger partial charge is 0.298 e. The number of rotatable bonds is 6. The van der Waals surface area contributed by atoms with Gasteiger partial charge in [0.1, 0.15) is 5.82 Å². The molecule has 0 N–H and O–H groups in total. The van der Waals surface area contributed by atoms with Gasteiger partial charge >= 0.3 is 0 Å². The molecule has 0 unspecified atom stereocenters. The minimum atomic E-state index is -0.338. The number of hydrogen-bond donors (Lipinski definition) is 0. The SMILES string of the molecule is CCCN(CCBr)Cc1ccc(Cl)c(F)c1. The number of hydrogen-bond acceptors (Lipinski definition) is 1. The number of halogens is 3. The second-order valence-corrected chi connectivity index (χ2v) is 4.91. The first kappa shape index (κ1) is 13.9. The highest BCUT2D eigenvalue weighted by Gasteiger charge is 2.06. The van der Waals surface area contributed by atoms with Gasteiger partial charge in [0.15, 0.2) is 0 Å². The maximum Gasteiger partial charge on any atom is 0.142 e. The summed E-state index contributed by atoms with van der Waals surface area (Å²) in [5.74, 6) is -0.338. The van der Waals surface area contributed by atoms with Crippen molar-refractivity contribution in [2.45, 2.75) is 19.9 Å². The zero-order valence-corrected chi connectivity index (χ0v) is 11.7. The fourth-order valence-corrected chi connectivity index (χ4v) is 2.22. The van der Waals surface area contributed by atoms with Crippen LogP contribution < -0.4 is 0 Å². The molecular formula is C12H16BrClFN. The Balaban J connectivity index is 2.65. The Morgan fingerprint density at radius 2 is 2.12 bits per heavy atom. The summed E-state index contributed by atoms with van der Waals surface area (Å²) in [4.78, 5) is 2.29. The lowest BCUT2D eigenvalue weighted by Crippen LogP contribution is -2.26. The summed E-state index contributed by atoms with van der Waals surface area (Å²) in [7, 11) is 0. The third kappa shape index (κ3) is 4.40. The standard InChI is InChI=1S/C12H16BrClFN/c1-2-6-16(7-5-13)9-10-3-4-11(14)12(15)8-10/h3-4,8H,2,5-7,9H2,1H3. The van der Waals surface area contributed by atoms with E-state index in [-0.39, 0.29) is 10.8 Å². The molecule has 0 atom stereocenters. The van der Waals surface area contributed by atoms with Crippen LogP contribution in [-0.4, -0.2) is 23.3 Å². The molecule has 0 bridgehead atoms. The first-order valence-electron chi connectivity index (χ1n) is 5.39. The summed E-state index contributed by atoms with van der Waals surface area (Å²) >= 11 is 9.07. The Kier molecular flexibility index (Phi) is 6.32. The van der Waals surface area contributed by atoms with Gasteiger partial charge in [-0.05, 0) is 30.7 Å². The summed E-state index contributed by atoms with van der Waals surface area (Å²) in [6.07, 6.45) is 1.10. The highest BCUT2D eigenvalue weighted by atomic mass is 79.9. The minimum absolute atomic E-state index is 0.186. The summed E-state index contributed by atoms with van der Waals surface area (Å²) in [5.41, 5.74) is 0.969. The molecule has 0 saturated heterocycles. The predicted octanol–water partition coefficient (Wildman–Crippen LogP) is 4.09.